The average molecular weight is 459 g/mol. The van der Waals surface area contributed by atoms with Gasteiger partial charge in [-0.05, 0) is 33.4 Å². The zero-order chi connectivity index (χ0) is 23.1. The van der Waals surface area contributed by atoms with Crippen molar-refractivity contribution < 1.29 is 8.78 Å². The zero-order valence-electron chi connectivity index (χ0n) is 19.0. The molecule has 4 atom stereocenters. The predicted octanol–water partition coefficient (Wildman–Crippen LogP) is 5.12. The number of nitrogens with zero attached hydrogens (tertiary/aromatic N) is 2. The Morgan fingerprint density at radius 2 is 0.971 bits per heavy atom. The van der Waals surface area contributed by atoms with Gasteiger partial charge in [-0.1, -0.05) is 48.5 Å². The second-order valence-electron chi connectivity index (χ2n) is 9.65. The lowest BCUT2D eigenvalue weighted by molar-refractivity contribution is 0.359. The molecule has 0 aromatic heterocycles. The summed E-state index contributed by atoms with van der Waals surface area (Å²) in [6, 6.07) is 17.3. The van der Waals surface area contributed by atoms with Crippen molar-refractivity contribution in [3.05, 3.63) is 72.1 Å². The average Bonchev–Trinajstić information content (AvgIpc) is 3.66. The summed E-state index contributed by atoms with van der Waals surface area (Å²) in [6.07, 6.45) is 4.91. The molecule has 2 saturated heterocycles. The maximum atomic E-state index is 13.5. The van der Waals surface area contributed by atoms with Crippen LogP contribution in [0, 0.1) is 0 Å². The standard InChI is InChI=1S/C28H28F2N4/c29-23-11-27(33-15-23)25-9-21(13-31-25)19-5-1-17(2-6-19)18-3-7-20(8-4-18)22-10-26(32-14-22)28-12-24(30)16-34-28/h1-8,13-14,23-24,27-28,33-34H,9-12,15-16H2/t23-,24-,27-,28-/m0/s1. The van der Waals surface area contributed by atoms with Gasteiger partial charge in [0, 0.05) is 74.7 Å². The second kappa shape index (κ2) is 9.01. The molecule has 0 unspecified atom stereocenters. The van der Waals surface area contributed by atoms with E-state index in [4.69, 9.17) is 0 Å². The minimum Gasteiger partial charge on any atom is -0.306 e. The van der Waals surface area contributed by atoms with Gasteiger partial charge in [0.1, 0.15) is 12.3 Å². The van der Waals surface area contributed by atoms with Crippen LogP contribution in [0.1, 0.15) is 36.8 Å². The van der Waals surface area contributed by atoms with Crippen LogP contribution in [0.25, 0.3) is 22.3 Å². The highest BCUT2D eigenvalue weighted by atomic mass is 19.1. The largest absolute Gasteiger partial charge is 0.306 e. The molecule has 0 radical (unpaired) electrons. The van der Waals surface area contributed by atoms with Crippen molar-refractivity contribution in [3.8, 4) is 11.1 Å². The highest BCUT2D eigenvalue weighted by Gasteiger charge is 2.30. The Bertz CT molecular complexity index is 1100. The SMILES string of the molecule is F[C@@H]1CN[C@H](C2=NC=C(c3ccc(-c4ccc(C5=CN=C([C@@H]6C[C@H](F)CN6)C5)cc4)cc3)C2)C1. The van der Waals surface area contributed by atoms with E-state index in [0.29, 0.717) is 25.9 Å². The van der Waals surface area contributed by atoms with Crippen molar-refractivity contribution in [1.29, 1.82) is 0 Å². The van der Waals surface area contributed by atoms with E-state index in [-0.39, 0.29) is 12.1 Å². The molecule has 4 nitrogen and oxygen atoms in total. The number of hydrogen-bond donors (Lipinski definition) is 2. The van der Waals surface area contributed by atoms with Crippen molar-refractivity contribution in [2.45, 2.75) is 50.1 Å². The van der Waals surface area contributed by atoms with Crippen LogP contribution in [-0.2, 0) is 0 Å². The Morgan fingerprint density at radius 1 is 0.588 bits per heavy atom. The summed E-state index contributed by atoms with van der Waals surface area (Å²) >= 11 is 0. The van der Waals surface area contributed by atoms with Crippen molar-refractivity contribution >= 4 is 22.6 Å². The van der Waals surface area contributed by atoms with Crippen LogP contribution >= 0.6 is 0 Å². The molecule has 6 rings (SSSR count). The second-order valence-corrected chi connectivity index (χ2v) is 9.65. The minimum absolute atomic E-state index is 0.0630. The summed E-state index contributed by atoms with van der Waals surface area (Å²) in [7, 11) is 0. The molecular formula is C28H28F2N4. The maximum absolute atomic E-state index is 13.5. The molecule has 174 valence electrons. The summed E-state index contributed by atoms with van der Waals surface area (Å²) in [5.41, 5.74) is 9.08. The summed E-state index contributed by atoms with van der Waals surface area (Å²) in [6.45, 7) is 0.852. The molecule has 4 aliphatic rings. The van der Waals surface area contributed by atoms with Crippen LogP contribution in [0.3, 0.4) is 0 Å². The molecule has 0 amide bonds. The predicted molar refractivity (Wildman–Crippen MR) is 135 cm³/mol. The zero-order valence-corrected chi connectivity index (χ0v) is 19.0. The number of hydrogen-bond acceptors (Lipinski definition) is 4. The van der Waals surface area contributed by atoms with Gasteiger partial charge in [0.05, 0.1) is 0 Å². The van der Waals surface area contributed by atoms with E-state index in [2.05, 4.69) is 69.1 Å². The number of alkyl halides is 2. The third-order valence-corrected chi connectivity index (χ3v) is 7.32. The number of allylic oxidation sites excluding steroid dienone is 2. The van der Waals surface area contributed by atoms with Crippen LogP contribution in [-0.4, -0.2) is 48.9 Å². The third-order valence-electron chi connectivity index (χ3n) is 7.32. The first kappa shape index (κ1) is 21.6. The number of halogens is 2. The van der Waals surface area contributed by atoms with Gasteiger partial charge in [-0.2, -0.15) is 0 Å². The van der Waals surface area contributed by atoms with Gasteiger partial charge in [0.2, 0.25) is 0 Å². The maximum Gasteiger partial charge on any atom is 0.114 e. The Labute approximate surface area is 198 Å². The fourth-order valence-corrected chi connectivity index (χ4v) is 5.32. The number of nitrogens with one attached hydrogen (secondary N) is 2. The Morgan fingerprint density at radius 3 is 1.32 bits per heavy atom. The lowest BCUT2D eigenvalue weighted by Crippen LogP contribution is -2.29. The van der Waals surface area contributed by atoms with Crippen molar-refractivity contribution in [2.75, 3.05) is 13.1 Å². The van der Waals surface area contributed by atoms with Crippen LogP contribution < -0.4 is 10.6 Å². The van der Waals surface area contributed by atoms with Gasteiger partial charge in [0.25, 0.3) is 0 Å². The third kappa shape index (κ3) is 4.28. The van der Waals surface area contributed by atoms with Crippen molar-refractivity contribution in [2.24, 2.45) is 9.98 Å². The van der Waals surface area contributed by atoms with Gasteiger partial charge in [-0.3, -0.25) is 9.98 Å². The summed E-state index contributed by atoms with van der Waals surface area (Å²) in [4.78, 5) is 9.12. The lowest BCUT2D eigenvalue weighted by atomic mass is 9.95. The van der Waals surface area contributed by atoms with Crippen LogP contribution in [0.4, 0.5) is 8.78 Å². The van der Waals surface area contributed by atoms with E-state index in [1.165, 1.54) is 11.1 Å². The molecular weight excluding hydrogens is 430 g/mol. The van der Waals surface area contributed by atoms with Crippen LogP contribution in [0.15, 0.2) is 70.9 Å². The lowest BCUT2D eigenvalue weighted by Gasteiger charge is -2.12. The normalized spacial score (nSPS) is 28.6. The van der Waals surface area contributed by atoms with Gasteiger partial charge in [0.15, 0.2) is 0 Å². The quantitative estimate of drug-likeness (QED) is 0.653. The first-order chi connectivity index (χ1) is 16.6. The molecule has 0 saturated carbocycles. The Hall–Kier alpha value is -2.96. The monoisotopic (exact) mass is 458 g/mol. The highest BCUT2D eigenvalue weighted by molar-refractivity contribution is 6.02. The number of aliphatic imine (C=N–C) groups is 2. The van der Waals surface area contributed by atoms with Crippen LogP contribution in [0.5, 0.6) is 0 Å². The molecule has 4 aliphatic heterocycles. The fraction of sp³-hybridized carbons (Fsp3) is 0.357. The van der Waals surface area contributed by atoms with Gasteiger partial charge in [-0.15, -0.1) is 0 Å². The smallest absolute Gasteiger partial charge is 0.114 e. The first-order valence-electron chi connectivity index (χ1n) is 12.1. The fourth-order valence-electron chi connectivity index (χ4n) is 5.32. The first-order valence-corrected chi connectivity index (χ1v) is 12.1. The van der Waals surface area contributed by atoms with E-state index in [1.807, 2.05) is 12.4 Å². The number of rotatable bonds is 5. The van der Waals surface area contributed by atoms with Gasteiger partial charge < -0.3 is 10.6 Å². The van der Waals surface area contributed by atoms with Crippen molar-refractivity contribution in [1.82, 2.24) is 10.6 Å². The molecule has 0 bridgehead atoms. The van der Waals surface area contributed by atoms with Gasteiger partial charge >= 0.3 is 0 Å². The molecule has 2 fully saturated rings. The Balaban J connectivity index is 1.07. The van der Waals surface area contributed by atoms with E-state index in [9.17, 15) is 8.78 Å². The summed E-state index contributed by atoms with van der Waals surface area (Å²) in [5, 5.41) is 6.45. The van der Waals surface area contributed by atoms with Crippen molar-refractivity contribution in [3.63, 3.8) is 0 Å². The van der Waals surface area contributed by atoms with E-state index >= 15 is 0 Å². The van der Waals surface area contributed by atoms with E-state index in [0.717, 1.165) is 46.5 Å². The van der Waals surface area contributed by atoms with Gasteiger partial charge in [-0.25, -0.2) is 8.78 Å². The molecule has 0 aliphatic carbocycles. The summed E-state index contributed by atoms with van der Waals surface area (Å²) in [5.74, 6) is 0. The Kier molecular flexibility index (Phi) is 5.71. The molecule has 6 heteroatoms. The molecule has 34 heavy (non-hydrogen) atoms. The number of benzene rings is 2. The van der Waals surface area contributed by atoms with E-state index < -0.39 is 12.3 Å². The highest BCUT2D eigenvalue weighted by Crippen LogP contribution is 2.31. The summed E-state index contributed by atoms with van der Waals surface area (Å²) < 4.78 is 27.0. The molecule has 2 aromatic rings. The van der Waals surface area contributed by atoms with Crippen LogP contribution in [0.2, 0.25) is 0 Å². The molecule has 2 aromatic carbocycles. The molecule has 2 N–H and O–H groups in total. The minimum atomic E-state index is -0.768. The molecule has 0 spiro atoms. The molecule has 4 heterocycles. The van der Waals surface area contributed by atoms with E-state index in [1.54, 1.807) is 0 Å². The topological polar surface area (TPSA) is 48.8 Å².